The van der Waals surface area contributed by atoms with Gasteiger partial charge in [-0.3, -0.25) is 9.59 Å². The van der Waals surface area contributed by atoms with Gasteiger partial charge in [0.15, 0.2) is 10.6 Å². The van der Waals surface area contributed by atoms with E-state index < -0.39 is 23.6 Å². The van der Waals surface area contributed by atoms with Gasteiger partial charge in [0, 0.05) is 5.56 Å². The summed E-state index contributed by atoms with van der Waals surface area (Å²) in [6, 6.07) is 8.29. The molecule has 0 fully saturated rings. The van der Waals surface area contributed by atoms with Crippen LogP contribution in [0.5, 0.6) is 5.75 Å². The van der Waals surface area contributed by atoms with Crippen LogP contribution in [-0.4, -0.2) is 40.9 Å². The molecule has 1 heterocycles. The number of hydrogen-bond acceptors (Lipinski definition) is 7. The van der Waals surface area contributed by atoms with Crippen molar-refractivity contribution >= 4 is 46.6 Å². The smallest absolute Gasteiger partial charge is 0.352 e. The van der Waals surface area contributed by atoms with Crippen LogP contribution in [0.15, 0.2) is 34.5 Å². The van der Waals surface area contributed by atoms with E-state index in [1.54, 1.807) is 30.3 Å². The summed E-state index contributed by atoms with van der Waals surface area (Å²) in [5, 5.41) is 21.5. The van der Waals surface area contributed by atoms with E-state index in [9.17, 15) is 19.5 Å². The van der Waals surface area contributed by atoms with Gasteiger partial charge in [-0.25, -0.2) is 4.79 Å². The van der Waals surface area contributed by atoms with E-state index in [-0.39, 0.29) is 16.3 Å². The number of carboxylic acids is 1. The average molecular weight is 367 g/mol. The fourth-order valence-electron chi connectivity index (χ4n) is 1.75. The fourth-order valence-corrected chi connectivity index (χ4v) is 3.76. The van der Waals surface area contributed by atoms with Gasteiger partial charge in [-0.2, -0.15) is 0 Å². The topological polar surface area (TPSA) is 113 Å². The third-order valence-corrected chi connectivity index (χ3v) is 5.24. The zero-order chi connectivity index (χ0) is 17.7. The van der Waals surface area contributed by atoms with Crippen LogP contribution < -0.4 is 5.32 Å². The van der Waals surface area contributed by atoms with Crippen LogP contribution in [0.3, 0.4) is 0 Å². The summed E-state index contributed by atoms with van der Waals surface area (Å²) in [5.74, 6) is -3.04. The molecular weight excluding hydrogens is 354 g/mol. The zero-order valence-electron chi connectivity index (χ0n) is 12.4. The SMILES string of the molecule is COC(=O)c1sc(SCC(=O)O)c(NC(=O)c2ccccc2)c1O. The van der Waals surface area contributed by atoms with Crippen molar-refractivity contribution in [1.29, 1.82) is 0 Å². The van der Waals surface area contributed by atoms with Crippen molar-refractivity contribution < 1.29 is 29.3 Å². The molecule has 0 saturated carbocycles. The predicted octanol–water partition coefficient (Wildman–Crippen LogP) is 2.67. The first-order valence-electron chi connectivity index (χ1n) is 6.59. The molecule has 0 unspecified atom stereocenters. The van der Waals surface area contributed by atoms with Crippen LogP contribution in [0.25, 0.3) is 0 Å². The number of benzene rings is 1. The Morgan fingerprint density at radius 3 is 2.50 bits per heavy atom. The van der Waals surface area contributed by atoms with Crippen LogP contribution in [0.2, 0.25) is 0 Å². The summed E-state index contributed by atoms with van der Waals surface area (Å²) in [4.78, 5) is 34.6. The number of hydrogen-bond donors (Lipinski definition) is 3. The number of methoxy groups -OCH3 is 1. The van der Waals surface area contributed by atoms with Gasteiger partial charge in [0.25, 0.3) is 5.91 Å². The molecule has 0 aliphatic carbocycles. The van der Waals surface area contributed by atoms with Crippen LogP contribution in [-0.2, 0) is 9.53 Å². The maximum absolute atomic E-state index is 12.2. The number of nitrogens with one attached hydrogen (secondary N) is 1. The average Bonchev–Trinajstić information content (AvgIpc) is 2.89. The first-order valence-corrected chi connectivity index (χ1v) is 8.39. The minimum atomic E-state index is -1.06. The van der Waals surface area contributed by atoms with Crippen LogP contribution in [0, 0.1) is 0 Å². The highest BCUT2D eigenvalue weighted by Crippen LogP contribution is 2.45. The number of carboxylic acid groups (broad SMARTS) is 1. The molecule has 126 valence electrons. The lowest BCUT2D eigenvalue weighted by molar-refractivity contribution is -0.133. The Kier molecular flexibility index (Phi) is 5.83. The number of aromatic hydroxyl groups is 1. The lowest BCUT2D eigenvalue weighted by atomic mass is 10.2. The standard InChI is InChI=1S/C15H13NO6S2/c1-22-14(21)12-11(19)10(15(24-12)23-7-9(17)18)16-13(20)8-5-3-2-4-6-8/h2-6,19H,7H2,1H3,(H,16,20)(H,17,18). The Morgan fingerprint density at radius 1 is 1.25 bits per heavy atom. The summed E-state index contributed by atoms with van der Waals surface area (Å²) in [6.07, 6.45) is 0. The van der Waals surface area contributed by atoms with Crippen LogP contribution in [0.1, 0.15) is 20.0 Å². The van der Waals surface area contributed by atoms with Gasteiger partial charge in [0.2, 0.25) is 0 Å². The van der Waals surface area contributed by atoms with Crippen molar-refractivity contribution in [2.24, 2.45) is 0 Å². The van der Waals surface area contributed by atoms with Gasteiger partial charge < -0.3 is 20.3 Å². The Balaban J connectivity index is 2.35. The van der Waals surface area contributed by atoms with Crippen molar-refractivity contribution in [1.82, 2.24) is 0 Å². The maximum atomic E-state index is 12.2. The number of thioether (sulfide) groups is 1. The molecule has 0 saturated heterocycles. The van der Waals surface area contributed by atoms with Gasteiger partial charge >= 0.3 is 11.9 Å². The van der Waals surface area contributed by atoms with Crippen molar-refractivity contribution in [2.75, 3.05) is 18.2 Å². The number of rotatable bonds is 6. The highest BCUT2D eigenvalue weighted by atomic mass is 32.2. The molecule has 3 N–H and O–H groups in total. The summed E-state index contributed by atoms with van der Waals surface area (Å²) >= 11 is 1.75. The van der Waals surface area contributed by atoms with Gasteiger partial charge in [-0.1, -0.05) is 18.2 Å². The van der Waals surface area contributed by atoms with Crippen molar-refractivity contribution in [3.05, 3.63) is 40.8 Å². The Morgan fingerprint density at radius 2 is 1.92 bits per heavy atom. The molecule has 2 aromatic rings. The van der Waals surface area contributed by atoms with Gasteiger partial charge in [0.05, 0.1) is 17.1 Å². The molecule has 0 bridgehead atoms. The molecule has 0 aliphatic heterocycles. The number of thiophene rings is 1. The van der Waals surface area contributed by atoms with E-state index in [2.05, 4.69) is 10.1 Å². The third-order valence-electron chi connectivity index (χ3n) is 2.82. The van der Waals surface area contributed by atoms with Gasteiger partial charge in [-0.05, 0) is 12.1 Å². The minimum Gasteiger partial charge on any atom is -0.504 e. The summed E-state index contributed by atoms with van der Waals surface area (Å²) in [7, 11) is 1.16. The first-order chi connectivity index (χ1) is 11.4. The molecule has 2 rings (SSSR count). The number of ether oxygens (including phenoxy) is 1. The quantitative estimate of drug-likeness (QED) is 0.531. The van der Waals surface area contributed by atoms with Crippen molar-refractivity contribution in [2.45, 2.75) is 4.21 Å². The zero-order valence-corrected chi connectivity index (χ0v) is 14.1. The first kappa shape index (κ1) is 17.8. The number of aliphatic carboxylic acids is 1. The number of amides is 1. The van der Waals surface area contributed by atoms with E-state index in [1.807, 2.05) is 0 Å². The Labute approximate surface area is 145 Å². The number of esters is 1. The molecule has 0 radical (unpaired) electrons. The van der Waals surface area contributed by atoms with Crippen LogP contribution >= 0.6 is 23.1 Å². The fraction of sp³-hybridized carbons (Fsp3) is 0.133. The second-order valence-electron chi connectivity index (χ2n) is 4.44. The van der Waals surface area contributed by atoms with E-state index in [0.29, 0.717) is 9.77 Å². The number of carbonyl (C=O) groups is 3. The third kappa shape index (κ3) is 4.06. The molecule has 0 spiro atoms. The summed E-state index contributed by atoms with van der Waals surface area (Å²) < 4.78 is 4.88. The maximum Gasteiger partial charge on any atom is 0.352 e. The summed E-state index contributed by atoms with van der Waals surface area (Å²) in [5.41, 5.74) is 0.359. The molecule has 0 aliphatic rings. The van der Waals surface area contributed by atoms with Crippen LogP contribution in [0.4, 0.5) is 5.69 Å². The number of anilines is 1. The van der Waals surface area contributed by atoms with E-state index >= 15 is 0 Å². The molecular formula is C15H13NO6S2. The summed E-state index contributed by atoms with van der Waals surface area (Å²) in [6.45, 7) is 0. The second-order valence-corrected chi connectivity index (χ2v) is 6.70. The lowest BCUT2D eigenvalue weighted by Crippen LogP contribution is -2.12. The monoisotopic (exact) mass is 367 g/mol. The normalized spacial score (nSPS) is 10.2. The molecule has 1 aromatic heterocycles. The minimum absolute atomic E-state index is 0.000466. The van der Waals surface area contributed by atoms with Gasteiger partial charge in [0.1, 0.15) is 5.69 Å². The molecule has 1 amide bonds. The molecule has 7 nitrogen and oxygen atoms in total. The van der Waals surface area contributed by atoms with E-state index in [1.165, 1.54) is 0 Å². The van der Waals surface area contributed by atoms with Crippen molar-refractivity contribution in [3.8, 4) is 5.75 Å². The van der Waals surface area contributed by atoms with E-state index in [0.717, 1.165) is 30.2 Å². The highest BCUT2D eigenvalue weighted by molar-refractivity contribution is 8.01. The Bertz CT molecular complexity index is 772. The molecule has 1 aromatic carbocycles. The van der Waals surface area contributed by atoms with Gasteiger partial charge in [-0.15, -0.1) is 23.1 Å². The van der Waals surface area contributed by atoms with E-state index in [4.69, 9.17) is 5.11 Å². The lowest BCUT2D eigenvalue weighted by Gasteiger charge is -2.06. The molecule has 24 heavy (non-hydrogen) atoms. The highest BCUT2D eigenvalue weighted by Gasteiger charge is 2.25. The molecule has 9 heteroatoms. The second kappa shape index (κ2) is 7.84. The molecule has 0 atom stereocenters. The largest absolute Gasteiger partial charge is 0.504 e. The Hall–Kier alpha value is -2.52. The number of carbonyl (C=O) groups excluding carboxylic acids is 2. The predicted molar refractivity (Wildman–Crippen MR) is 90.1 cm³/mol. The van der Waals surface area contributed by atoms with Crippen molar-refractivity contribution in [3.63, 3.8) is 0 Å².